The largest absolute Gasteiger partial charge is 0.309 e. The van der Waals surface area contributed by atoms with E-state index in [1.165, 1.54) is 53.5 Å². The molecule has 0 N–H and O–H groups in total. The predicted octanol–water partition coefficient (Wildman–Crippen LogP) is 14.4. The maximum atomic E-state index is 5.14. The van der Waals surface area contributed by atoms with Crippen molar-refractivity contribution in [3.05, 3.63) is 200 Å². The van der Waals surface area contributed by atoms with Gasteiger partial charge < -0.3 is 4.57 Å². The molecule has 0 aliphatic carbocycles. The van der Waals surface area contributed by atoms with E-state index in [0.717, 1.165) is 49.7 Å². The molecule has 6 heteroatoms. The third-order valence-corrected chi connectivity index (χ3v) is 13.3. The van der Waals surface area contributed by atoms with E-state index in [0.29, 0.717) is 17.6 Å². The summed E-state index contributed by atoms with van der Waals surface area (Å²) in [7, 11) is 0. The monoisotopic (exact) mass is 795 g/mol. The molecule has 0 amide bonds. The SMILES string of the molecule is c1ccc(-c2nc(-c3ccccc3)nc(-n3c4ccccc4c4cc(-c5ccc6c(c5)c5c7cccc8c7c(cc5n6-c5ccccc5)-c5ccccc5S8)ccc43)n2)cc1. The lowest BCUT2D eigenvalue weighted by atomic mass is 9.93. The first kappa shape index (κ1) is 34.1. The number of rotatable bonds is 5. The number of hydrogen-bond donors (Lipinski definition) is 0. The molecule has 284 valence electrons. The quantitative estimate of drug-likeness (QED) is 0.174. The van der Waals surface area contributed by atoms with Gasteiger partial charge in [-0.15, -0.1) is 0 Å². The van der Waals surface area contributed by atoms with Gasteiger partial charge in [0.15, 0.2) is 11.6 Å². The molecule has 13 rings (SSSR count). The Bertz CT molecular complexity index is 3660. The average Bonchev–Trinajstić information content (AvgIpc) is 3.84. The summed E-state index contributed by atoms with van der Waals surface area (Å²) >= 11 is 1.87. The standard InChI is InChI=1S/C55H33N5S/c1-4-15-34(16-5-1)53-56-54(35-17-6-2-7-18-35)58-55(57-53)60-45-24-12-10-21-39(45)42-31-36(27-29-46(42)60)37-28-30-47-44(32-37)51-41-23-14-26-50-52(41)43(40-22-11-13-25-49(40)61-50)33-48(51)59(47)38-19-8-3-9-20-38/h1-33H. The molecule has 0 atom stereocenters. The molecular weight excluding hydrogens is 763 g/mol. The van der Waals surface area contributed by atoms with Gasteiger partial charge in [-0.2, -0.15) is 9.97 Å². The second-order valence-electron chi connectivity index (χ2n) is 15.6. The zero-order valence-electron chi connectivity index (χ0n) is 32.7. The smallest absolute Gasteiger partial charge is 0.238 e. The van der Waals surface area contributed by atoms with E-state index in [1.807, 2.05) is 72.4 Å². The first-order chi connectivity index (χ1) is 30.2. The van der Waals surface area contributed by atoms with Crippen LogP contribution in [0.4, 0.5) is 0 Å². The van der Waals surface area contributed by atoms with Crippen molar-refractivity contribution in [3.8, 4) is 56.7 Å². The van der Waals surface area contributed by atoms with E-state index in [4.69, 9.17) is 15.0 Å². The lowest BCUT2D eigenvalue weighted by molar-refractivity contribution is 0.953. The zero-order valence-corrected chi connectivity index (χ0v) is 33.5. The van der Waals surface area contributed by atoms with Gasteiger partial charge in [-0.05, 0) is 88.3 Å². The van der Waals surface area contributed by atoms with Crippen molar-refractivity contribution < 1.29 is 0 Å². The van der Waals surface area contributed by atoms with E-state index in [9.17, 15) is 0 Å². The van der Waals surface area contributed by atoms with Crippen LogP contribution in [0.25, 0.3) is 111 Å². The van der Waals surface area contributed by atoms with Crippen molar-refractivity contribution in [2.75, 3.05) is 0 Å². The lowest BCUT2D eigenvalue weighted by Gasteiger charge is -2.21. The van der Waals surface area contributed by atoms with Crippen molar-refractivity contribution in [1.82, 2.24) is 24.1 Å². The van der Waals surface area contributed by atoms with Gasteiger partial charge in [0.25, 0.3) is 0 Å². The van der Waals surface area contributed by atoms with Crippen LogP contribution in [0.1, 0.15) is 0 Å². The Morgan fingerprint density at radius 2 is 0.902 bits per heavy atom. The summed E-state index contributed by atoms with van der Waals surface area (Å²) in [5.41, 5.74) is 12.4. The zero-order chi connectivity index (χ0) is 40.0. The van der Waals surface area contributed by atoms with Crippen LogP contribution in [0.15, 0.2) is 210 Å². The maximum absolute atomic E-state index is 5.14. The Kier molecular flexibility index (Phi) is 7.47. The van der Waals surface area contributed by atoms with Crippen LogP contribution in [0.5, 0.6) is 0 Å². The molecule has 4 heterocycles. The molecule has 1 aliphatic heterocycles. The van der Waals surface area contributed by atoms with E-state index in [1.54, 1.807) is 0 Å². The van der Waals surface area contributed by atoms with E-state index < -0.39 is 0 Å². The Morgan fingerprint density at radius 3 is 1.64 bits per heavy atom. The summed E-state index contributed by atoms with van der Waals surface area (Å²) in [5.74, 6) is 1.85. The molecule has 0 spiro atoms. The topological polar surface area (TPSA) is 48.5 Å². The molecule has 0 saturated carbocycles. The second-order valence-corrected chi connectivity index (χ2v) is 16.7. The highest BCUT2D eigenvalue weighted by molar-refractivity contribution is 7.99. The van der Waals surface area contributed by atoms with E-state index >= 15 is 0 Å². The van der Waals surface area contributed by atoms with Crippen molar-refractivity contribution in [2.24, 2.45) is 0 Å². The highest BCUT2D eigenvalue weighted by Gasteiger charge is 2.25. The first-order valence-electron chi connectivity index (χ1n) is 20.5. The van der Waals surface area contributed by atoms with Crippen LogP contribution >= 0.6 is 11.8 Å². The first-order valence-corrected chi connectivity index (χ1v) is 21.3. The molecule has 0 fully saturated rings. The molecule has 3 aromatic heterocycles. The molecule has 0 saturated heterocycles. The summed E-state index contributed by atoms with van der Waals surface area (Å²) in [6.45, 7) is 0. The molecule has 0 radical (unpaired) electrons. The van der Waals surface area contributed by atoms with Gasteiger partial charge in [-0.1, -0.05) is 151 Å². The molecule has 0 bridgehead atoms. The second kappa shape index (κ2) is 13.4. The number of hydrogen-bond acceptors (Lipinski definition) is 4. The van der Waals surface area contributed by atoms with Crippen LogP contribution in [0.3, 0.4) is 0 Å². The van der Waals surface area contributed by atoms with Crippen LogP contribution in [-0.4, -0.2) is 24.1 Å². The van der Waals surface area contributed by atoms with Crippen LogP contribution in [0.2, 0.25) is 0 Å². The van der Waals surface area contributed by atoms with Gasteiger partial charge in [0, 0.05) is 53.5 Å². The molecule has 61 heavy (non-hydrogen) atoms. The lowest BCUT2D eigenvalue weighted by Crippen LogP contribution is -2.06. The van der Waals surface area contributed by atoms with E-state index in [2.05, 4.69) is 149 Å². The predicted molar refractivity (Wildman–Crippen MR) is 252 cm³/mol. The molecule has 1 aliphatic rings. The molecule has 0 unspecified atom stereocenters. The number of fused-ring (bicyclic) bond motifs is 9. The van der Waals surface area contributed by atoms with Crippen LogP contribution in [-0.2, 0) is 0 Å². The van der Waals surface area contributed by atoms with Crippen molar-refractivity contribution >= 4 is 66.1 Å². The molecule has 9 aromatic carbocycles. The fraction of sp³-hybridized carbons (Fsp3) is 0. The minimum absolute atomic E-state index is 0.585. The molecule has 12 aromatic rings. The fourth-order valence-corrected chi connectivity index (χ4v) is 10.6. The van der Waals surface area contributed by atoms with Gasteiger partial charge in [-0.25, -0.2) is 4.98 Å². The van der Waals surface area contributed by atoms with Crippen LogP contribution < -0.4 is 0 Å². The Hall–Kier alpha value is -7.80. The summed E-state index contributed by atoms with van der Waals surface area (Å²) in [6.07, 6.45) is 0. The number of nitrogens with zero attached hydrogens (tertiary/aromatic N) is 5. The number of para-hydroxylation sites is 2. The highest BCUT2D eigenvalue weighted by Crippen LogP contribution is 2.51. The summed E-state index contributed by atoms with van der Waals surface area (Å²) in [4.78, 5) is 17.9. The Balaban J connectivity index is 1.04. The van der Waals surface area contributed by atoms with Crippen LogP contribution in [0, 0.1) is 0 Å². The Morgan fingerprint density at radius 1 is 0.328 bits per heavy atom. The van der Waals surface area contributed by atoms with Gasteiger partial charge in [0.1, 0.15) is 0 Å². The fourth-order valence-electron chi connectivity index (χ4n) is 9.45. The highest BCUT2D eigenvalue weighted by atomic mass is 32.2. The summed E-state index contributed by atoms with van der Waals surface area (Å²) < 4.78 is 4.63. The van der Waals surface area contributed by atoms with Crippen molar-refractivity contribution in [1.29, 1.82) is 0 Å². The summed E-state index contributed by atoms with van der Waals surface area (Å²) in [5, 5.41) is 7.40. The van der Waals surface area contributed by atoms with Crippen molar-refractivity contribution in [2.45, 2.75) is 9.79 Å². The number of aromatic nitrogens is 5. The third-order valence-electron chi connectivity index (χ3n) is 12.2. The van der Waals surface area contributed by atoms with Gasteiger partial charge in [-0.3, -0.25) is 4.57 Å². The minimum Gasteiger partial charge on any atom is -0.309 e. The maximum Gasteiger partial charge on any atom is 0.238 e. The average molecular weight is 796 g/mol. The van der Waals surface area contributed by atoms with Crippen molar-refractivity contribution in [3.63, 3.8) is 0 Å². The summed E-state index contributed by atoms with van der Waals surface area (Å²) in [6, 6.07) is 71.5. The molecule has 5 nitrogen and oxygen atoms in total. The van der Waals surface area contributed by atoms with Gasteiger partial charge in [0.05, 0.1) is 22.1 Å². The Labute approximate surface area is 355 Å². The number of benzene rings is 9. The normalized spacial score (nSPS) is 12.2. The van der Waals surface area contributed by atoms with Gasteiger partial charge >= 0.3 is 0 Å². The van der Waals surface area contributed by atoms with Gasteiger partial charge in [0.2, 0.25) is 5.95 Å². The minimum atomic E-state index is 0.585. The third kappa shape index (κ3) is 5.26. The van der Waals surface area contributed by atoms with E-state index in [-0.39, 0.29) is 0 Å². The molecular formula is C55H33N5S.